The lowest BCUT2D eigenvalue weighted by Crippen LogP contribution is -2.31. The maximum Gasteiger partial charge on any atom is 0.283 e. The molecule has 0 unspecified atom stereocenters. The molecule has 1 amide bonds. The quantitative estimate of drug-likeness (QED) is 0.358. The zero-order chi connectivity index (χ0) is 13.4. The summed E-state index contributed by atoms with van der Waals surface area (Å²) in [7, 11) is 0. The van der Waals surface area contributed by atoms with E-state index in [-0.39, 0.29) is 6.61 Å². The van der Waals surface area contributed by atoms with Gasteiger partial charge in [-0.2, -0.15) is 0 Å². The predicted octanol–water partition coefficient (Wildman–Crippen LogP) is -0.111. The summed E-state index contributed by atoms with van der Waals surface area (Å²) < 4.78 is 0. The lowest BCUT2D eigenvalue weighted by atomic mass is 10.2. The van der Waals surface area contributed by atoms with Crippen LogP contribution in [0.1, 0.15) is 29.5 Å². The second-order valence-electron chi connectivity index (χ2n) is 3.99. The van der Waals surface area contributed by atoms with Gasteiger partial charge in [0.15, 0.2) is 0 Å². The minimum absolute atomic E-state index is 0.114. The number of pyridine rings is 1. The van der Waals surface area contributed by atoms with Crippen LogP contribution in [0.5, 0.6) is 0 Å². The Hall–Kier alpha value is -1.50. The first-order chi connectivity index (χ1) is 8.71. The molecule has 0 atom stereocenters. The summed E-state index contributed by atoms with van der Waals surface area (Å²) in [5.41, 5.74) is 3.15. The second kappa shape index (κ2) is 7.75. The van der Waals surface area contributed by atoms with Crippen molar-refractivity contribution in [2.24, 2.45) is 5.84 Å². The lowest BCUT2D eigenvalue weighted by Gasteiger charge is -2.20. The summed E-state index contributed by atoms with van der Waals surface area (Å²) in [4.78, 5) is 17.7. The smallest absolute Gasteiger partial charge is 0.283 e. The molecule has 0 bridgehead atoms. The van der Waals surface area contributed by atoms with Gasteiger partial charge < -0.3 is 5.11 Å². The number of nitrogen functional groups attached to an aromatic ring is 1. The van der Waals surface area contributed by atoms with Gasteiger partial charge in [-0.15, -0.1) is 0 Å². The average molecular weight is 252 g/mol. The molecule has 0 fully saturated rings. The molecule has 0 radical (unpaired) electrons. The standard InChI is InChI=1S/C12H20N4O2/c1-2-6-16(7-8-17)9-10-4-3-5-11(14-10)12(18)15-13/h3-5,17H,2,6-9,13H2,1H3,(H,15,18). The number of hydrogen-bond donors (Lipinski definition) is 3. The predicted molar refractivity (Wildman–Crippen MR) is 68.5 cm³/mol. The minimum atomic E-state index is -0.402. The van der Waals surface area contributed by atoms with Crippen LogP contribution in [0.25, 0.3) is 0 Å². The van der Waals surface area contributed by atoms with E-state index in [1.807, 2.05) is 6.07 Å². The van der Waals surface area contributed by atoms with Crippen molar-refractivity contribution in [1.82, 2.24) is 15.3 Å². The van der Waals surface area contributed by atoms with Crippen LogP contribution in [0.4, 0.5) is 0 Å². The maximum absolute atomic E-state index is 11.4. The molecule has 1 aromatic rings. The number of aromatic nitrogens is 1. The molecule has 4 N–H and O–H groups in total. The van der Waals surface area contributed by atoms with Crippen LogP contribution in [-0.2, 0) is 6.54 Å². The number of hydrazine groups is 1. The highest BCUT2D eigenvalue weighted by Gasteiger charge is 2.09. The summed E-state index contributed by atoms with van der Waals surface area (Å²) >= 11 is 0. The minimum Gasteiger partial charge on any atom is -0.395 e. The zero-order valence-electron chi connectivity index (χ0n) is 10.6. The fourth-order valence-electron chi connectivity index (χ4n) is 1.72. The number of nitrogens with one attached hydrogen (secondary N) is 1. The molecule has 6 heteroatoms. The summed E-state index contributed by atoms with van der Waals surface area (Å²) in [6.45, 7) is 4.29. The molecule has 0 aliphatic heterocycles. The maximum atomic E-state index is 11.4. The number of aliphatic hydroxyl groups is 1. The molecule has 100 valence electrons. The number of aliphatic hydroxyl groups excluding tert-OH is 1. The van der Waals surface area contributed by atoms with E-state index < -0.39 is 5.91 Å². The Bertz CT molecular complexity index is 378. The molecule has 0 saturated carbocycles. The third kappa shape index (κ3) is 4.40. The van der Waals surface area contributed by atoms with E-state index >= 15 is 0 Å². The van der Waals surface area contributed by atoms with Crippen LogP contribution in [0.3, 0.4) is 0 Å². The van der Waals surface area contributed by atoms with E-state index in [0.717, 1.165) is 18.7 Å². The van der Waals surface area contributed by atoms with Gasteiger partial charge >= 0.3 is 0 Å². The van der Waals surface area contributed by atoms with Gasteiger partial charge in [0.05, 0.1) is 12.3 Å². The Balaban J connectivity index is 2.73. The van der Waals surface area contributed by atoms with Crippen LogP contribution in [-0.4, -0.2) is 40.6 Å². The van der Waals surface area contributed by atoms with Gasteiger partial charge in [-0.25, -0.2) is 10.8 Å². The average Bonchev–Trinajstić information content (AvgIpc) is 2.39. The van der Waals surface area contributed by atoms with Crippen molar-refractivity contribution < 1.29 is 9.90 Å². The van der Waals surface area contributed by atoms with Crippen molar-refractivity contribution in [3.05, 3.63) is 29.6 Å². The molecule has 0 aliphatic rings. The number of carbonyl (C=O) groups excluding carboxylic acids is 1. The molecule has 1 aromatic heterocycles. The Labute approximate surface area is 107 Å². The third-order valence-corrected chi connectivity index (χ3v) is 2.51. The van der Waals surface area contributed by atoms with E-state index in [9.17, 15) is 4.79 Å². The number of amides is 1. The SMILES string of the molecule is CCCN(CCO)Cc1cccc(C(=O)NN)n1. The highest BCUT2D eigenvalue weighted by Crippen LogP contribution is 2.04. The second-order valence-corrected chi connectivity index (χ2v) is 3.99. The van der Waals surface area contributed by atoms with Crippen LogP contribution in [0.15, 0.2) is 18.2 Å². The third-order valence-electron chi connectivity index (χ3n) is 2.51. The molecule has 18 heavy (non-hydrogen) atoms. The van der Waals surface area contributed by atoms with Gasteiger partial charge in [0, 0.05) is 13.1 Å². The summed E-state index contributed by atoms with van der Waals surface area (Å²) in [6.07, 6.45) is 1.00. The Morgan fingerprint density at radius 2 is 2.28 bits per heavy atom. The van der Waals surface area contributed by atoms with E-state index in [0.29, 0.717) is 18.8 Å². The number of carbonyl (C=O) groups is 1. The molecule has 6 nitrogen and oxygen atoms in total. The van der Waals surface area contributed by atoms with Crippen molar-refractivity contribution in [2.75, 3.05) is 19.7 Å². The van der Waals surface area contributed by atoms with Crippen LogP contribution in [0.2, 0.25) is 0 Å². The summed E-state index contributed by atoms with van der Waals surface area (Å²) in [5.74, 6) is 4.67. The van der Waals surface area contributed by atoms with Crippen LogP contribution >= 0.6 is 0 Å². The van der Waals surface area contributed by atoms with Crippen LogP contribution in [0, 0.1) is 0 Å². The molecule has 0 saturated heterocycles. The van der Waals surface area contributed by atoms with E-state index in [4.69, 9.17) is 10.9 Å². The van der Waals surface area contributed by atoms with Crippen molar-refractivity contribution in [3.8, 4) is 0 Å². The monoisotopic (exact) mass is 252 g/mol. The largest absolute Gasteiger partial charge is 0.395 e. The van der Waals surface area contributed by atoms with E-state index in [1.165, 1.54) is 0 Å². The van der Waals surface area contributed by atoms with Gasteiger partial charge in [0.25, 0.3) is 5.91 Å². The number of nitrogens with zero attached hydrogens (tertiary/aromatic N) is 2. The molecular weight excluding hydrogens is 232 g/mol. The summed E-state index contributed by atoms with van der Waals surface area (Å²) in [5, 5.41) is 8.98. The van der Waals surface area contributed by atoms with Gasteiger partial charge in [0.1, 0.15) is 5.69 Å². The topological polar surface area (TPSA) is 91.5 Å². The normalized spacial score (nSPS) is 10.7. The first-order valence-corrected chi connectivity index (χ1v) is 6.01. The molecule has 0 aromatic carbocycles. The van der Waals surface area contributed by atoms with Crippen molar-refractivity contribution in [1.29, 1.82) is 0 Å². The fraction of sp³-hybridized carbons (Fsp3) is 0.500. The lowest BCUT2D eigenvalue weighted by molar-refractivity contribution is 0.0948. The highest BCUT2D eigenvalue weighted by molar-refractivity contribution is 5.91. The van der Waals surface area contributed by atoms with E-state index in [1.54, 1.807) is 12.1 Å². The van der Waals surface area contributed by atoms with Crippen molar-refractivity contribution in [2.45, 2.75) is 19.9 Å². The first kappa shape index (κ1) is 14.6. The van der Waals surface area contributed by atoms with Gasteiger partial charge in [0.2, 0.25) is 0 Å². The van der Waals surface area contributed by atoms with Gasteiger partial charge in [-0.1, -0.05) is 13.0 Å². The Morgan fingerprint density at radius 1 is 1.50 bits per heavy atom. The Morgan fingerprint density at radius 3 is 2.89 bits per heavy atom. The summed E-state index contributed by atoms with van der Waals surface area (Å²) in [6, 6.07) is 5.24. The molecule has 1 rings (SSSR count). The first-order valence-electron chi connectivity index (χ1n) is 6.01. The Kier molecular flexibility index (Phi) is 6.27. The molecule has 0 aliphatic carbocycles. The zero-order valence-corrected chi connectivity index (χ0v) is 10.6. The number of rotatable bonds is 7. The van der Waals surface area contributed by atoms with Gasteiger partial charge in [-0.05, 0) is 25.1 Å². The molecule has 1 heterocycles. The van der Waals surface area contributed by atoms with Crippen LogP contribution < -0.4 is 11.3 Å². The van der Waals surface area contributed by atoms with Crippen molar-refractivity contribution >= 4 is 5.91 Å². The van der Waals surface area contributed by atoms with Crippen molar-refractivity contribution in [3.63, 3.8) is 0 Å². The molecule has 0 spiro atoms. The number of nitrogens with two attached hydrogens (primary N) is 1. The van der Waals surface area contributed by atoms with E-state index in [2.05, 4.69) is 22.2 Å². The highest BCUT2D eigenvalue weighted by atomic mass is 16.3. The fourth-order valence-corrected chi connectivity index (χ4v) is 1.72. The molecular formula is C12H20N4O2. The number of hydrogen-bond acceptors (Lipinski definition) is 5. The van der Waals surface area contributed by atoms with Gasteiger partial charge in [-0.3, -0.25) is 15.1 Å².